The second kappa shape index (κ2) is 7.41. The van der Waals surface area contributed by atoms with E-state index in [0.717, 1.165) is 17.0 Å². The third-order valence-corrected chi connectivity index (χ3v) is 3.33. The van der Waals surface area contributed by atoms with Crippen molar-refractivity contribution in [3.8, 4) is 5.75 Å². The molecule has 0 atom stereocenters. The van der Waals surface area contributed by atoms with Gasteiger partial charge in [-0.05, 0) is 48.4 Å². The fraction of sp³-hybridized carbons (Fsp3) is 0.222. The highest BCUT2D eigenvalue weighted by molar-refractivity contribution is 5.96. The van der Waals surface area contributed by atoms with Gasteiger partial charge in [0.2, 0.25) is 5.91 Å². The minimum absolute atomic E-state index is 0.0950. The monoisotopic (exact) mass is 297 g/mol. The first-order chi connectivity index (χ1) is 10.6. The molecule has 114 valence electrons. The maximum Gasteiger partial charge on any atom is 0.221 e. The molecule has 0 saturated heterocycles. The minimum Gasteiger partial charge on any atom is -0.497 e. The molecular weight excluding hydrogens is 278 g/mol. The lowest BCUT2D eigenvalue weighted by molar-refractivity contribution is -0.114. The lowest BCUT2D eigenvalue weighted by Crippen LogP contribution is -2.05. The van der Waals surface area contributed by atoms with Gasteiger partial charge in [0.1, 0.15) is 5.75 Å². The zero-order valence-corrected chi connectivity index (χ0v) is 12.8. The number of aryl methyl sites for hydroxylation is 1. The fourth-order valence-corrected chi connectivity index (χ4v) is 2.14. The molecule has 0 spiro atoms. The van der Waals surface area contributed by atoms with Gasteiger partial charge >= 0.3 is 0 Å². The molecule has 0 bridgehead atoms. The Labute approximate surface area is 130 Å². The highest BCUT2D eigenvalue weighted by Crippen LogP contribution is 2.15. The zero-order valence-electron chi connectivity index (χ0n) is 12.8. The van der Waals surface area contributed by atoms with E-state index in [2.05, 4.69) is 5.32 Å². The molecule has 0 aromatic heterocycles. The van der Waals surface area contributed by atoms with E-state index < -0.39 is 0 Å². The molecule has 0 saturated carbocycles. The summed E-state index contributed by atoms with van der Waals surface area (Å²) in [5.74, 6) is 0.751. The minimum atomic E-state index is -0.0950. The van der Waals surface area contributed by atoms with Gasteiger partial charge in [-0.2, -0.15) is 0 Å². The van der Waals surface area contributed by atoms with Crippen LogP contribution < -0.4 is 10.1 Å². The van der Waals surface area contributed by atoms with Gasteiger partial charge < -0.3 is 10.1 Å². The van der Waals surface area contributed by atoms with Crippen LogP contribution in [0.2, 0.25) is 0 Å². The number of carbonyl (C=O) groups excluding carboxylic acids is 2. The number of carbonyl (C=O) groups is 2. The summed E-state index contributed by atoms with van der Waals surface area (Å²) in [6.45, 7) is 1.47. The number of anilines is 1. The molecule has 0 radical (unpaired) electrons. The average molecular weight is 297 g/mol. The number of nitrogens with one attached hydrogen (secondary N) is 1. The van der Waals surface area contributed by atoms with Crippen LogP contribution in [0.3, 0.4) is 0 Å². The molecule has 2 aromatic carbocycles. The van der Waals surface area contributed by atoms with Gasteiger partial charge in [-0.1, -0.05) is 12.1 Å². The van der Waals surface area contributed by atoms with Gasteiger partial charge in [-0.25, -0.2) is 0 Å². The van der Waals surface area contributed by atoms with Crippen molar-refractivity contribution in [1.82, 2.24) is 0 Å². The van der Waals surface area contributed by atoms with Gasteiger partial charge in [0.05, 0.1) is 7.11 Å². The number of Topliss-reactive ketones (excluding diaryl/α,β-unsaturated/α-hetero) is 1. The van der Waals surface area contributed by atoms with E-state index in [9.17, 15) is 9.59 Å². The van der Waals surface area contributed by atoms with Crippen molar-refractivity contribution in [2.75, 3.05) is 12.4 Å². The Morgan fingerprint density at radius 3 is 2.18 bits per heavy atom. The molecule has 0 aliphatic heterocycles. The SMILES string of the molecule is COc1ccc(C(=O)CCc2ccc(NC(C)=O)cc2)cc1. The number of ketones is 1. The predicted octanol–water partition coefficient (Wildman–Crippen LogP) is 3.47. The van der Waals surface area contributed by atoms with Crippen LogP contribution in [-0.2, 0) is 11.2 Å². The quantitative estimate of drug-likeness (QED) is 0.831. The van der Waals surface area contributed by atoms with Crippen molar-refractivity contribution in [2.24, 2.45) is 0 Å². The van der Waals surface area contributed by atoms with E-state index >= 15 is 0 Å². The third kappa shape index (κ3) is 4.45. The van der Waals surface area contributed by atoms with Crippen molar-refractivity contribution < 1.29 is 14.3 Å². The largest absolute Gasteiger partial charge is 0.497 e. The highest BCUT2D eigenvalue weighted by atomic mass is 16.5. The van der Waals surface area contributed by atoms with Gasteiger partial charge in [-0.3, -0.25) is 9.59 Å². The summed E-state index contributed by atoms with van der Waals surface area (Å²) in [6.07, 6.45) is 1.12. The van der Waals surface area contributed by atoms with E-state index in [1.54, 1.807) is 31.4 Å². The topological polar surface area (TPSA) is 55.4 Å². The normalized spacial score (nSPS) is 10.1. The summed E-state index contributed by atoms with van der Waals surface area (Å²) in [6, 6.07) is 14.7. The maximum absolute atomic E-state index is 12.1. The van der Waals surface area contributed by atoms with Crippen molar-refractivity contribution in [3.05, 3.63) is 59.7 Å². The molecule has 0 aliphatic carbocycles. The first-order valence-electron chi connectivity index (χ1n) is 7.12. The Bertz CT molecular complexity index is 645. The second-order valence-corrected chi connectivity index (χ2v) is 5.03. The predicted molar refractivity (Wildman–Crippen MR) is 86.4 cm³/mol. The Morgan fingerprint density at radius 2 is 1.64 bits per heavy atom. The number of benzene rings is 2. The first-order valence-corrected chi connectivity index (χ1v) is 7.12. The van der Waals surface area contributed by atoms with Crippen LogP contribution in [0.5, 0.6) is 5.75 Å². The molecule has 1 N–H and O–H groups in total. The third-order valence-electron chi connectivity index (χ3n) is 3.33. The molecule has 22 heavy (non-hydrogen) atoms. The van der Waals surface area contributed by atoms with Crippen LogP contribution in [0.15, 0.2) is 48.5 Å². The second-order valence-electron chi connectivity index (χ2n) is 5.03. The Balaban J connectivity index is 1.91. The summed E-state index contributed by atoms with van der Waals surface area (Å²) in [4.78, 5) is 23.1. The van der Waals surface area contributed by atoms with Crippen molar-refractivity contribution in [1.29, 1.82) is 0 Å². The summed E-state index contributed by atoms with van der Waals surface area (Å²) in [7, 11) is 1.60. The summed E-state index contributed by atoms with van der Waals surface area (Å²) in [5.41, 5.74) is 2.52. The number of hydrogen-bond donors (Lipinski definition) is 1. The lowest BCUT2D eigenvalue weighted by Gasteiger charge is -2.05. The number of hydrogen-bond acceptors (Lipinski definition) is 3. The molecule has 1 amide bonds. The average Bonchev–Trinajstić information content (AvgIpc) is 2.53. The lowest BCUT2D eigenvalue weighted by atomic mass is 10.0. The summed E-state index contributed by atoms with van der Waals surface area (Å²) < 4.78 is 5.08. The molecule has 2 rings (SSSR count). The van der Waals surface area contributed by atoms with Gasteiger partial charge in [-0.15, -0.1) is 0 Å². The molecule has 0 heterocycles. The fourth-order valence-electron chi connectivity index (χ4n) is 2.14. The van der Waals surface area contributed by atoms with Crippen molar-refractivity contribution in [2.45, 2.75) is 19.8 Å². The molecular formula is C18H19NO3. The summed E-state index contributed by atoms with van der Waals surface area (Å²) in [5, 5.41) is 2.72. The summed E-state index contributed by atoms with van der Waals surface area (Å²) >= 11 is 0. The Hall–Kier alpha value is -2.62. The van der Waals surface area contributed by atoms with E-state index in [4.69, 9.17) is 4.74 Å². The van der Waals surface area contributed by atoms with Crippen LogP contribution in [0.25, 0.3) is 0 Å². The molecule has 0 fully saturated rings. The Morgan fingerprint density at radius 1 is 1.00 bits per heavy atom. The number of amides is 1. The highest BCUT2D eigenvalue weighted by Gasteiger charge is 2.06. The van der Waals surface area contributed by atoms with E-state index in [1.807, 2.05) is 24.3 Å². The number of methoxy groups -OCH3 is 1. The standard InChI is InChI=1S/C18H19NO3/c1-13(20)19-16-8-3-14(4-9-16)5-12-18(21)15-6-10-17(22-2)11-7-15/h3-4,6-11H,5,12H2,1-2H3,(H,19,20). The number of rotatable bonds is 6. The van der Waals surface area contributed by atoms with Gasteiger partial charge in [0.25, 0.3) is 0 Å². The molecule has 0 unspecified atom stereocenters. The van der Waals surface area contributed by atoms with Crippen molar-refractivity contribution in [3.63, 3.8) is 0 Å². The van der Waals surface area contributed by atoms with Crippen LogP contribution in [0.4, 0.5) is 5.69 Å². The number of ether oxygens (including phenoxy) is 1. The first kappa shape index (κ1) is 15.8. The van der Waals surface area contributed by atoms with Gasteiger partial charge in [0.15, 0.2) is 5.78 Å². The van der Waals surface area contributed by atoms with Crippen LogP contribution in [-0.4, -0.2) is 18.8 Å². The van der Waals surface area contributed by atoms with E-state index in [1.165, 1.54) is 6.92 Å². The van der Waals surface area contributed by atoms with E-state index in [-0.39, 0.29) is 11.7 Å². The molecule has 2 aromatic rings. The molecule has 4 heteroatoms. The van der Waals surface area contributed by atoms with Crippen molar-refractivity contribution >= 4 is 17.4 Å². The maximum atomic E-state index is 12.1. The Kier molecular flexibility index (Phi) is 5.31. The van der Waals surface area contributed by atoms with Crippen LogP contribution in [0, 0.1) is 0 Å². The van der Waals surface area contributed by atoms with Crippen LogP contribution >= 0.6 is 0 Å². The zero-order chi connectivity index (χ0) is 15.9. The smallest absolute Gasteiger partial charge is 0.221 e. The van der Waals surface area contributed by atoms with E-state index in [0.29, 0.717) is 18.4 Å². The van der Waals surface area contributed by atoms with Crippen LogP contribution in [0.1, 0.15) is 29.3 Å². The molecule has 0 aliphatic rings. The van der Waals surface area contributed by atoms with Gasteiger partial charge in [0, 0.05) is 24.6 Å². The molecule has 4 nitrogen and oxygen atoms in total.